The highest BCUT2D eigenvalue weighted by Crippen LogP contribution is 2.41. The highest BCUT2D eigenvalue weighted by atomic mass is 16.1. The fourth-order valence-corrected chi connectivity index (χ4v) is 1.20. The Morgan fingerprint density at radius 1 is 1.82 bits per heavy atom. The van der Waals surface area contributed by atoms with Crippen LogP contribution in [-0.2, 0) is 4.79 Å². The molecule has 2 atom stereocenters. The van der Waals surface area contributed by atoms with Crippen molar-refractivity contribution in [1.82, 2.24) is 9.97 Å². The number of aromatic amines is 1. The number of nitrogens with one attached hydrogen (secondary N) is 1. The first-order valence-corrected chi connectivity index (χ1v) is 3.47. The smallest absolute Gasteiger partial charge is 0.235 e. The molecule has 4 heteroatoms. The zero-order chi connectivity index (χ0) is 7.68. The monoisotopic (exact) mass is 149 g/mol. The zero-order valence-corrected chi connectivity index (χ0v) is 5.82. The van der Waals surface area contributed by atoms with E-state index in [0.717, 1.165) is 12.1 Å². The molecule has 1 aromatic heterocycles. The number of aliphatic imine (C=N–C) groups is 1. The Morgan fingerprint density at radius 2 is 2.73 bits per heavy atom. The topological polar surface area (TPSA) is 58.1 Å². The lowest BCUT2D eigenvalue weighted by Crippen LogP contribution is -1.83. The summed E-state index contributed by atoms with van der Waals surface area (Å²) in [6.07, 6.45) is 5.91. The van der Waals surface area contributed by atoms with E-state index in [-0.39, 0.29) is 6.04 Å². The van der Waals surface area contributed by atoms with E-state index in [4.69, 9.17) is 0 Å². The molecule has 1 fully saturated rings. The molecule has 1 aliphatic carbocycles. The van der Waals surface area contributed by atoms with Crippen molar-refractivity contribution < 1.29 is 4.79 Å². The van der Waals surface area contributed by atoms with Gasteiger partial charge >= 0.3 is 0 Å². The summed E-state index contributed by atoms with van der Waals surface area (Å²) < 4.78 is 0. The summed E-state index contributed by atoms with van der Waals surface area (Å²) in [6, 6.07) is 0.146. The van der Waals surface area contributed by atoms with Crippen LogP contribution >= 0.6 is 0 Å². The first kappa shape index (κ1) is 6.31. The van der Waals surface area contributed by atoms with E-state index < -0.39 is 0 Å². The van der Waals surface area contributed by atoms with E-state index in [1.54, 1.807) is 18.6 Å². The molecule has 0 aromatic carbocycles. The van der Waals surface area contributed by atoms with Crippen LogP contribution in [0.25, 0.3) is 0 Å². The van der Waals surface area contributed by atoms with E-state index in [9.17, 15) is 4.79 Å². The molecule has 0 bridgehead atoms. The lowest BCUT2D eigenvalue weighted by molar-refractivity contribution is 0.562. The number of imidazole rings is 1. The molecule has 0 spiro atoms. The number of nitrogens with zero attached hydrogens (tertiary/aromatic N) is 2. The SMILES string of the molecule is O=C=N[C@@H]1C[C@@H]1c1cnc[nH]1. The van der Waals surface area contributed by atoms with Gasteiger partial charge in [0.2, 0.25) is 6.08 Å². The molecule has 1 N–H and O–H groups in total. The van der Waals surface area contributed by atoms with Crippen LogP contribution in [-0.4, -0.2) is 22.1 Å². The molecule has 0 radical (unpaired) electrons. The van der Waals surface area contributed by atoms with Gasteiger partial charge in [0.05, 0.1) is 12.4 Å². The maximum Gasteiger partial charge on any atom is 0.235 e. The molecule has 0 amide bonds. The minimum absolute atomic E-state index is 0.146. The Balaban J connectivity index is 2.07. The maximum atomic E-state index is 9.85. The van der Waals surface area contributed by atoms with Gasteiger partial charge in [-0.25, -0.2) is 14.8 Å². The predicted octanol–water partition coefficient (Wildman–Crippen LogP) is 0.601. The van der Waals surface area contributed by atoms with Crippen LogP contribution in [0.5, 0.6) is 0 Å². The Morgan fingerprint density at radius 3 is 3.36 bits per heavy atom. The first-order valence-electron chi connectivity index (χ1n) is 3.47. The average molecular weight is 149 g/mol. The number of hydrogen-bond acceptors (Lipinski definition) is 3. The summed E-state index contributed by atoms with van der Waals surface area (Å²) in [5.74, 6) is 0.374. The molecular formula is C7H7N3O. The highest BCUT2D eigenvalue weighted by molar-refractivity contribution is 5.36. The molecular weight excluding hydrogens is 142 g/mol. The van der Waals surface area contributed by atoms with Crippen LogP contribution in [0.4, 0.5) is 0 Å². The summed E-state index contributed by atoms with van der Waals surface area (Å²) >= 11 is 0. The van der Waals surface area contributed by atoms with Crippen molar-refractivity contribution in [2.75, 3.05) is 0 Å². The minimum atomic E-state index is 0.146. The molecule has 56 valence electrons. The summed E-state index contributed by atoms with van der Waals surface area (Å²) in [5, 5.41) is 0. The van der Waals surface area contributed by atoms with Crippen LogP contribution < -0.4 is 0 Å². The lowest BCUT2D eigenvalue weighted by atomic mass is 10.3. The second-order valence-electron chi connectivity index (χ2n) is 2.64. The van der Waals surface area contributed by atoms with E-state index >= 15 is 0 Å². The third kappa shape index (κ3) is 1.08. The van der Waals surface area contributed by atoms with E-state index in [1.165, 1.54) is 0 Å². The largest absolute Gasteiger partial charge is 0.348 e. The number of rotatable bonds is 2. The highest BCUT2D eigenvalue weighted by Gasteiger charge is 2.39. The van der Waals surface area contributed by atoms with Crippen molar-refractivity contribution in [3.63, 3.8) is 0 Å². The summed E-state index contributed by atoms with van der Waals surface area (Å²) in [6.45, 7) is 0. The van der Waals surface area contributed by atoms with Gasteiger partial charge in [0.1, 0.15) is 0 Å². The van der Waals surface area contributed by atoms with Crippen molar-refractivity contribution in [2.24, 2.45) is 4.99 Å². The standard InChI is InChI=1S/C7H7N3O/c11-4-10-6-1-5(6)7-2-8-3-9-7/h2-3,5-6H,1H2,(H,8,9)/t5-,6+/m0/s1. The maximum absolute atomic E-state index is 9.85. The van der Waals surface area contributed by atoms with Gasteiger partial charge in [-0.2, -0.15) is 0 Å². The van der Waals surface area contributed by atoms with Crippen LogP contribution in [0.1, 0.15) is 18.0 Å². The van der Waals surface area contributed by atoms with Gasteiger partial charge in [0.15, 0.2) is 0 Å². The van der Waals surface area contributed by atoms with Gasteiger partial charge in [-0.3, -0.25) is 0 Å². The summed E-state index contributed by atoms with van der Waals surface area (Å²) in [5.41, 5.74) is 1.06. The van der Waals surface area contributed by atoms with Gasteiger partial charge in [-0.15, -0.1) is 0 Å². The number of isocyanates is 1. The van der Waals surface area contributed by atoms with Gasteiger partial charge in [-0.05, 0) is 6.42 Å². The van der Waals surface area contributed by atoms with Crippen molar-refractivity contribution in [3.05, 3.63) is 18.2 Å². The molecule has 4 nitrogen and oxygen atoms in total. The minimum Gasteiger partial charge on any atom is -0.348 e. The Hall–Kier alpha value is -1.41. The van der Waals surface area contributed by atoms with Gasteiger partial charge in [0, 0.05) is 17.8 Å². The summed E-state index contributed by atoms with van der Waals surface area (Å²) in [4.78, 5) is 20.3. The van der Waals surface area contributed by atoms with Crippen molar-refractivity contribution in [2.45, 2.75) is 18.4 Å². The third-order valence-corrected chi connectivity index (χ3v) is 1.89. The lowest BCUT2D eigenvalue weighted by Gasteiger charge is -1.86. The second kappa shape index (κ2) is 2.32. The second-order valence-corrected chi connectivity index (χ2v) is 2.64. The first-order chi connectivity index (χ1) is 5.42. The predicted molar refractivity (Wildman–Crippen MR) is 37.9 cm³/mol. The quantitative estimate of drug-likeness (QED) is 0.494. The third-order valence-electron chi connectivity index (χ3n) is 1.89. The molecule has 0 aliphatic heterocycles. The summed E-state index contributed by atoms with van der Waals surface area (Å²) in [7, 11) is 0. The van der Waals surface area contributed by atoms with Crippen LogP contribution in [0, 0.1) is 0 Å². The number of H-pyrrole nitrogens is 1. The molecule has 1 heterocycles. The van der Waals surface area contributed by atoms with Crippen LogP contribution in [0.2, 0.25) is 0 Å². The van der Waals surface area contributed by atoms with Crippen molar-refractivity contribution >= 4 is 6.08 Å². The van der Waals surface area contributed by atoms with Crippen molar-refractivity contribution in [1.29, 1.82) is 0 Å². The normalized spacial score (nSPS) is 27.6. The van der Waals surface area contributed by atoms with Gasteiger partial charge in [-0.1, -0.05) is 0 Å². The Kier molecular flexibility index (Phi) is 1.33. The molecule has 11 heavy (non-hydrogen) atoms. The molecule has 0 unspecified atom stereocenters. The van der Waals surface area contributed by atoms with Crippen LogP contribution in [0.3, 0.4) is 0 Å². The van der Waals surface area contributed by atoms with E-state index in [1.807, 2.05) is 0 Å². The molecule has 2 rings (SSSR count). The fourth-order valence-electron chi connectivity index (χ4n) is 1.20. The van der Waals surface area contributed by atoms with Crippen molar-refractivity contribution in [3.8, 4) is 0 Å². The Labute approximate surface area is 63.4 Å². The van der Waals surface area contributed by atoms with E-state index in [2.05, 4.69) is 15.0 Å². The molecule has 1 aromatic rings. The molecule has 1 aliphatic rings. The Bertz CT molecular complexity index is 287. The zero-order valence-electron chi connectivity index (χ0n) is 5.82. The molecule has 1 saturated carbocycles. The number of carbonyl (C=O) groups excluding carboxylic acids is 1. The van der Waals surface area contributed by atoms with Gasteiger partial charge in [0.25, 0.3) is 0 Å². The average Bonchev–Trinajstić information content (AvgIpc) is 2.61. The molecule has 0 saturated heterocycles. The van der Waals surface area contributed by atoms with Gasteiger partial charge < -0.3 is 4.98 Å². The number of aromatic nitrogens is 2. The van der Waals surface area contributed by atoms with E-state index in [0.29, 0.717) is 5.92 Å². The fraction of sp³-hybridized carbons (Fsp3) is 0.429. The van der Waals surface area contributed by atoms with Crippen LogP contribution in [0.15, 0.2) is 17.5 Å². The number of hydrogen-bond donors (Lipinski definition) is 1.